The summed E-state index contributed by atoms with van der Waals surface area (Å²) in [6.45, 7) is 6.31. The Hall–Kier alpha value is -1.02. The summed E-state index contributed by atoms with van der Waals surface area (Å²) < 4.78 is 5.31. The SMILES string of the molecule is CCCCCCCCC(O)c1cc(C)c(OC)cc1C. The van der Waals surface area contributed by atoms with Crippen molar-refractivity contribution in [1.29, 1.82) is 0 Å². The van der Waals surface area contributed by atoms with E-state index in [-0.39, 0.29) is 6.10 Å². The Morgan fingerprint density at radius 2 is 1.65 bits per heavy atom. The molecule has 1 unspecified atom stereocenters. The van der Waals surface area contributed by atoms with Gasteiger partial charge in [0.05, 0.1) is 13.2 Å². The molecule has 0 aliphatic heterocycles. The quantitative estimate of drug-likeness (QED) is 0.637. The molecule has 0 bridgehead atoms. The molecule has 114 valence electrons. The molecular formula is C18H30O2. The van der Waals surface area contributed by atoms with Crippen LogP contribution in [0.15, 0.2) is 12.1 Å². The maximum atomic E-state index is 10.4. The van der Waals surface area contributed by atoms with Crippen LogP contribution in [-0.2, 0) is 0 Å². The molecule has 0 amide bonds. The van der Waals surface area contributed by atoms with Crippen LogP contribution in [0.1, 0.15) is 74.7 Å². The van der Waals surface area contributed by atoms with Gasteiger partial charge < -0.3 is 9.84 Å². The minimum atomic E-state index is -0.342. The molecule has 2 heteroatoms. The van der Waals surface area contributed by atoms with Gasteiger partial charge in [0.1, 0.15) is 5.75 Å². The van der Waals surface area contributed by atoms with Gasteiger partial charge in [0.25, 0.3) is 0 Å². The van der Waals surface area contributed by atoms with Crippen molar-refractivity contribution in [3.63, 3.8) is 0 Å². The second-order valence-corrected chi connectivity index (χ2v) is 5.75. The highest BCUT2D eigenvalue weighted by atomic mass is 16.5. The van der Waals surface area contributed by atoms with Gasteiger partial charge >= 0.3 is 0 Å². The van der Waals surface area contributed by atoms with Crippen molar-refractivity contribution < 1.29 is 9.84 Å². The normalized spacial score (nSPS) is 12.4. The number of benzene rings is 1. The van der Waals surface area contributed by atoms with Gasteiger partial charge in [-0.2, -0.15) is 0 Å². The van der Waals surface area contributed by atoms with Crippen molar-refractivity contribution in [2.75, 3.05) is 7.11 Å². The number of ether oxygens (including phenoxy) is 1. The fraction of sp³-hybridized carbons (Fsp3) is 0.667. The van der Waals surface area contributed by atoms with E-state index in [1.165, 1.54) is 32.1 Å². The van der Waals surface area contributed by atoms with Crippen LogP contribution >= 0.6 is 0 Å². The number of hydrogen-bond donors (Lipinski definition) is 1. The Labute approximate surface area is 124 Å². The molecule has 20 heavy (non-hydrogen) atoms. The maximum absolute atomic E-state index is 10.4. The minimum absolute atomic E-state index is 0.342. The average Bonchev–Trinajstić information content (AvgIpc) is 2.44. The molecule has 1 atom stereocenters. The van der Waals surface area contributed by atoms with Crippen LogP contribution in [0.5, 0.6) is 5.75 Å². The number of aliphatic hydroxyl groups is 1. The van der Waals surface area contributed by atoms with Crippen LogP contribution in [0.4, 0.5) is 0 Å². The van der Waals surface area contributed by atoms with E-state index in [1.807, 2.05) is 19.9 Å². The standard InChI is InChI=1S/C18H30O2/c1-5-6-7-8-9-10-11-17(19)16-12-15(3)18(20-4)13-14(16)2/h12-13,17,19H,5-11H2,1-4H3. The second kappa shape index (κ2) is 9.02. The largest absolute Gasteiger partial charge is 0.496 e. The van der Waals surface area contributed by atoms with Crippen molar-refractivity contribution in [3.8, 4) is 5.75 Å². The highest BCUT2D eigenvalue weighted by Crippen LogP contribution is 2.29. The van der Waals surface area contributed by atoms with Gasteiger partial charge in [-0.15, -0.1) is 0 Å². The van der Waals surface area contributed by atoms with Crippen molar-refractivity contribution in [2.45, 2.75) is 71.8 Å². The number of unbranched alkanes of at least 4 members (excludes halogenated alkanes) is 5. The van der Waals surface area contributed by atoms with Gasteiger partial charge in [0.2, 0.25) is 0 Å². The summed E-state index contributed by atoms with van der Waals surface area (Å²) in [5, 5.41) is 10.4. The third kappa shape index (κ3) is 5.16. The molecule has 0 radical (unpaired) electrons. The number of aliphatic hydroxyl groups excluding tert-OH is 1. The van der Waals surface area contributed by atoms with E-state index < -0.39 is 0 Å². The van der Waals surface area contributed by atoms with Crippen molar-refractivity contribution >= 4 is 0 Å². The lowest BCUT2D eigenvalue weighted by Gasteiger charge is -2.16. The summed E-state index contributed by atoms with van der Waals surface area (Å²) >= 11 is 0. The van der Waals surface area contributed by atoms with Crippen molar-refractivity contribution in [1.82, 2.24) is 0 Å². The summed E-state index contributed by atoms with van der Waals surface area (Å²) in [4.78, 5) is 0. The van der Waals surface area contributed by atoms with Gasteiger partial charge in [0, 0.05) is 0 Å². The first-order chi connectivity index (χ1) is 9.60. The lowest BCUT2D eigenvalue weighted by Crippen LogP contribution is -2.02. The molecule has 1 N–H and O–H groups in total. The van der Waals surface area contributed by atoms with Crippen LogP contribution in [0.25, 0.3) is 0 Å². The number of hydrogen-bond acceptors (Lipinski definition) is 2. The molecule has 0 aliphatic rings. The van der Waals surface area contributed by atoms with Crippen LogP contribution in [-0.4, -0.2) is 12.2 Å². The Morgan fingerprint density at radius 1 is 1.00 bits per heavy atom. The van der Waals surface area contributed by atoms with E-state index in [0.29, 0.717) is 0 Å². The Kier molecular flexibility index (Phi) is 7.68. The van der Waals surface area contributed by atoms with E-state index in [9.17, 15) is 5.11 Å². The minimum Gasteiger partial charge on any atom is -0.496 e. The number of aryl methyl sites for hydroxylation is 2. The fourth-order valence-electron chi connectivity index (χ4n) is 2.66. The molecule has 2 nitrogen and oxygen atoms in total. The van der Waals surface area contributed by atoms with E-state index in [2.05, 4.69) is 13.0 Å². The predicted molar refractivity (Wildman–Crippen MR) is 85.4 cm³/mol. The van der Waals surface area contributed by atoms with E-state index >= 15 is 0 Å². The van der Waals surface area contributed by atoms with E-state index in [0.717, 1.165) is 35.3 Å². The first-order valence-electron chi connectivity index (χ1n) is 7.93. The van der Waals surface area contributed by atoms with E-state index in [4.69, 9.17) is 4.74 Å². The van der Waals surface area contributed by atoms with Gasteiger partial charge in [0.15, 0.2) is 0 Å². The van der Waals surface area contributed by atoms with Gasteiger partial charge in [-0.3, -0.25) is 0 Å². The zero-order valence-corrected chi connectivity index (χ0v) is 13.5. The Morgan fingerprint density at radius 3 is 2.30 bits per heavy atom. The third-order valence-electron chi connectivity index (χ3n) is 3.97. The molecule has 1 rings (SSSR count). The summed E-state index contributed by atoms with van der Waals surface area (Å²) in [6, 6.07) is 4.09. The topological polar surface area (TPSA) is 29.5 Å². The zero-order valence-electron chi connectivity index (χ0n) is 13.5. The monoisotopic (exact) mass is 278 g/mol. The lowest BCUT2D eigenvalue weighted by molar-refractivity contribution is 0.162. The smallest absolute Gasteiger partial charge is 0.122 e. The molecular weight excluding hydrogens is 248 g/mol. The predicted octanol–water partition coefficient (Wildman–Crippen LogP) is 5.10. The molecule has 0 heterocycles. The highest BCUT2D eigenvalue weighted by Gasteiger charge is 2.12. The number of rotatable bonds is 9. The Balaban J connectivity index is 2.47. The molecule has 0 aromatic heterocycles. The summed E-state index contributed by atoms with van der Waals surface area (Å²) in [5.41, 5.74) is 3.26. The maximum Gasteiger partial charge on any atom is 0.122 e. The van der Waals surface area contributed by atoms with Crippen molar-refractivity contribution in [3.05, 3.63) is 28.8 Å². The molecule has 1 aromatic rings. The van der Waals surface area contributed by atoms with Crippen LogP contribution in [0, 0.1) is 13.8 Å². The molecule has 1 aromatic carbocycles. The van der Waals surface area contributed by atoms with E-state index in [1.54, 1.807) is 7.11 Å². The first-order valence-corrected chi connectivity index (χ1v) is 7.93. The second-order valence-electron chi connectivity index (χ2n) is 5.75. The molecule has 0 fully saturated rings. The number of methoxy groups -OCH3 is 1. The zero-order chi connectivity index (χ0) is 15.0. The molecule has 0 saturated heterocycles. The summed E-state index contributed by atoms with van der Waals surface area (Å²) in [5.74, 6) is 0.901. The van der Waals surface area contributed by atoms with Crippen molar-refractivity contribution in [2.24, 2.45) is 0 Å². The van der Waals surface area contributed by atoms with Gasteiger partial charge in [-0.1, -0.05) is 45.4 Å². The Bertz CT molecular complexity index is 399. The highest BCUT2D eigenvalue weighted by molar-refractivity contribution is 5.42. The summed E-state index contributed by atoms with van der Waals surface area (Å²) in [7, 11) is 1.69. The lowest BCUT2D eigenvalue weighted by atomic mass is 9.96. The van der Waals surface area contributed by atoms with Crippen LogP contribution in [0.3, 0.4) is 0 Å². The first kappa shape index (κ1) is 17.0. The van der Waals surface area contributed by atoms with Gasteiger partial charge in [-0.25, -0.2) is 0 Å². The van der Waals surface area contributed by atoms with Crippen LogP contribution in [0.2, 0.25) is 0 Å². The molecule has 0 saturated carbocycles. The third-order valence-corrected chi connectivity index (χ3v) is 3.97. The molecule has 0 spiro atoms. The summed E-state index contributed by atoms with van der Waals surface area (Å²) in [6.07, 6.45) is 8.09. The average molecular weight is 278 g/mol. The molecule has 0 aliphatic carbocycles. The fourth-order valence-corrected chi connectivity index (χ4v) is 2.66. The van der Waals surface area contributed by atoms with Crippen LogP contribution < -0.4 is 4.74 Å². The van der Waals surface area contributed by atoms with Gasteiger partial charge in [-0.05, 0) is 49.1 Å².